The van der Waals surface area contributed by atoms with E-state index in [-0.39, 0.29) is 11.8 Å². The Hall–Kier alpha value is -6.67. The molecular weight excluding hydrogens is 713 g/mol. The van der Waals surface area contributed by atoms with E-state index in [1.54, 1.807) is 11.3 Å². The second-order valence-corrected chi connectivity index (χ2v) is 16.8. The second-order valence-electron chi connectivity index (χ2n) is 15.8. The van der Waals surface area contributed by atoms with Gasteiger partial charge in [0.15, 0.2) is 0 Å². The molecule has 3 nitrogen and oxygen atoms in total. The first-order chi connectivity index (χ1) is 28.3. The Bertz CT molecular complexity index is 3500. The van der Waals surface area contributed by atoms with E-state index in [9.17, 15) is 0 Å². The van der Waals surface area contributed by atoms with Crippen molar-refractivity contribution < 1.29 is 4.42 Å². The van der Waals surface area contributed by atoms with Gasteiger partial charge in [-0.2, -0.15) is 0 Å². The number of hydrogen-bond donors (Lipinski definition) is 0. The molecule has 2 unspecified atom stereocenters. The molecule has 0 spiro atoms. The maximum atomic E-state index is 6.53. The van der Waals surface area contributed by atoms with Gasteiger partial charge in [0.25, 0.3) is 0 Å². The van der Waals surface area contributed by atoms with Crippen LogP contribution in [0.4, 0.5) is 5.00 Å². The first-order valence-corrected chi connectivity index (χ1v) is 20.8. The topological polar surface area (TPSA) is 30.4 Å². The van der Waals surface area contributed by atoms with Crippen molar-refractivity contribution in [3.8, 4) is 11.8 Å². The lowest BCUT2D eigenvalue weighted by Crippen LogP contribution is -2.20. The van der Waals surface area contributed by atoms with E-state index < -0.39 is 0 Å². The van der Waals surface area contributed by atoms with Crippen molar-refractivity contribution >= 4 is 93.3 Å². The van der Waals surface area contributed by atoms with E-state index in [2.05, 4.69) is 162 Å². The molecule has 2 aliphatic carbocycles. The van der Waals surface area contributed by atoms with E-state index in [1.165, 1.54) is 92.2 Å². The molecule has 0 radical (unpaired) electrons. The summed E-state index contributed by atoms with van der Waals surface area (Å²) in [5, 5.41) is 12.6. The minimum atomic E-state index is 0.147. The van der Waals surface area contributed by atoms with Crippen LogP contribution in [0, 0.1) is 11.8 Å². The molecular formula is C53H34N2OS. The zero-order valence-electron chi connectivity index (χ0n) is 31.1. The van der Waals surface area contributed by atoms with Crippen LogP contribution >= 0.6 is 11.3 Å². The van der Waals surface area contributed by atoms with Gasteiger partial charge in [0.05, 0.1) is 15.9 Å². The number of aliphatic imine (C=N–C) groups is 1. The fourth-order valence-electron chi connectivity index (χ4n) is 10.4. The van der Waals surface area contributed by atoms with E-state index in [1.807, 2.05) is 0 Å². The second kappa shape index (κ2) is 11.9. The van der Waals surface area contributed by atoms with Gasteiger partial charge in [-0.1, -0.05) is 133 Å². The lowest BCUT2D eigenvalue weighted by molar-refractivity contribution is 0.517. The van der Waals surface area contributed by atoms with Crippen LogP contribution < -0.4 is 0 Å². The Kier molecular flexibility index (Phi) is 6.59. The Morgan fingerprint density at radius 3 is 2.40 bits per heavy atom. The van der Waals surface area contributed by atoms with E-state index >= 15 is 0 Å². The molecule has 13 rings (SSSR count). The first kappa shape index (κ1) is 31.5. The molecule has 0 fully saturated rings. The Morgan fingerprint density at radius 1 is 0.684 bits per heavy atom. The molecule has 1 aliphatic heterocycles. The molecule has 3 aromatic heterocycles. The molecule has 268 valence electrons. The fraction of sp³-hybridized carbons (Fsp3) is 0.113. The molecule has 4 heteroatoms. The number of nitrogens with zero attached hydrogens (tertiary/aromatic N) is 2. The maximum absolute atomic E-state index is 6.53. The average molecular weight is 747 g/mol. The maximum Gasteiger partial charge on any atom is 0.134 e. The minimum absolute atomic E-state index is 0.147. The summed E-state index contributed by atoms with van der Waals surface area (Å²) in [5.41, 5.74) is 10.0. The highest BCUT2D eigenvalue weighted by Crippen LogP contribution is 2.51. The number of fused-ring (bicyclic) bond motifs is 14. The van der Waals surface area contributed by atoms with Crippen LogP contribution in [0.2, 0.25) is 0 Å². The van der Waals surface area contributed by atoms with Gasteiger partial charge in [0, 0.05) is 52.0 Å². The average Bonchev–Trinajstić information content (AvgIpc) is 3.95. The van der Waals surface area contributed by atoms with Gasteiger partial charge >= 0.3 is 0 Å². The Morgan fingerprint density at radius 2 is 1.47 bits per heavy atom. The SMILES string of the molecule is C1#Cc2sc3c(c2CC1)C(c1cc2ccccc2c2ccccc12)CC(n1c2ccccc2c2c4ccc(C5CC=Cc6c5oc5ccccc65)cc4ccc21)=N3. The predicted octanol–water partition coefficient (Wildman–Crippen LogP) is 14.0. The summed E-state index contributed by atoms with van der Waals surface area (Å²) in [6, 6.07) is 49.3. The highest BCUT2D eigenvalue weighted by molar-refractivity contribution is 7.16. The summed E-state index contributed by atoms with van der Waals surface area (Å²) in [5.74, 6) is 9.39. The van der Waals surface area contributed by atoms with Gasteiger partial charge in [0.1, 0.15) is 22.2 Å². The van der Waals surface area contributed by atoms with Crippen LogP contribution in [0.5, 0.6) is 0 Å². The van der Waals surface area contributed by atoms with Crippen LogP contribution in [-0.4, -0.2) is 10.4 Å². The number of aromatic nitrogens is 1. The van der Waals surface area contributed by atoms with Gasteiger partial charge in [-0.3, -0.25) is 4.57 Å². The number of furan rings is 1. The summed E-state index contributed by atoms with van der Waals surface area (Å²) in [4.78, 5) is 6.81. The third kappa shape index (κ3) is 4.52. The molecule has 7 aromatic carbocycles. The van der Waals surface area contributed by atoms with Gasteiger partial charge in [-0.15, -0.1) is 11.3 Å². The monoisotopic (exact) mass is 746 g/mol. The molecule has 10 aromatic rings. The number of thiophene rings is 1. The van der Waals surface area contributed by atoms with Crippen LogP contribution in [0.15, 0.2) is 149 Å². The minimum Gasteiger partial charge on any atom is -0.460 e. The standard InChI is InChI=1S/C53H34N2OS/c1-2-13-34-31(12-1)29-43(38-15-4-3-14-37(34)38)44-30-49(54-53-51(44)42-18-7-10-23-48(42)57-53)55-45-21-8-5-17-41(45)50-35-26-24-33(28-32(35)25-27-46(50)55)36-19-11-20-40-39-16-6-9-22-47(39)56-52(36)40/h1-6,8-9,11-17,20-22,24-29,36,44H,7,18-19,30H2. The van der Waals surface area contributed by atoms with Crippen molar-refractivity contribution in [3.63, 3.8) is 0 Å². The predicted molar refractivity (Wildman–Crippen MR) is 239 cm³/mol. The summed E-state index contributed by atoms with van der Waals surface area (Å²) in [6.45, 7) is 0. The lowest BCUT2D eigenvalue weighted by atomic mass is 9.80. The van der Waals surface area contributed by atoms with Gasteiger partial charge in [-0.05, 0) is 86.1 Å². The molecule has 57 heavy (non-hydrogen) atoms. The third-order valence-corrected chi connectivity index (χ3v) is 13.9. The van der Waals surface area contributed by atoms with E-state index in [4.69, 9.17) is 9.41 Å². The summed E-state index contributed by atoms with van der Waals surface area (Å²) in [7, 11) is 0. The summed E-state index contributed by atoms with van der Waals surface area (Å²) < 4.78 is 9.00. The quantitative estimate of drug-likeness (QED) is 0.128. The van der Waals surface area contributed by atoms with Crippen LogP contribution in [-0.2, 0) is 6.42 Å². The summed E-state index contributed by atoms with van der Waals surface area (Å²) in [6.07, 6.45) is 8.14. The first-order valence-electron chi connectivity index (χ1n) is 20.0. The van der Waals surface area contributed by atoms with Crippen molar-refractivity contribution in [2.45, 2.75) is 37.5 Å². The van der Waals surface area contributed by atoms with Crippen molar-refractivity contribution in [2.75, 3.05) is 0 Å². The van der Waals surface area contributed by atoms with Gasteiger partial charge in [0.2, 0.25) is 0 Å². The Balaban J connectivity index is 1.01. The normalized spacial score (nSPS) is 17.2. The molecule has 0 bridgehead atoms. The number of hydrogen-bond acceptors (Lipinski definition) is 3. The molecule has 2 atom stereocenters. The largest absolute Gasteiger partial charge is 0.460 e. The molecule has 0 amide bonds. The third-order valence-electron chi connectivity index (χ3n) is 12.8. The van der Waals surface area contributed by atoms with Gasteiger partial charge in [-0.25, -0.2) is 4.99 Å². The highest BCUT2D eigenvalue weighted by Gasteiger charge is 2.34. The zero-order valence-corrected chi connectivity index (χ0v) is 31.9. The van der Waals surface area contributed by atoms with Crippen molar-refractivity contribution in [1.82, 2.24) is 4.57 Å². The zero-order chi connectivity index (χ0) is 37.2. The van der Waals surface area contributed by atoms with Crippen molar-refractivity contribution in [3.05, 3.63) is 178 Å². The molecule has 4 heterocycles. The lowest BCUT2D eigenvalue weighted by Gasteiger charge is -2.27. The Labute approximate surface area is 333 Å². The van der Waals surface area contributed by atoms with Crippen LogP contribution in [0.25, 0.3) is 71.2 Å². The van der Waals surface area contributed by atoms with Crippen LogP contribution in [0.3, 0.4) is 0 Å². The number of para-hydroxylation sites is 2. The molecule has 3 aliphatic rings. The number of benzene rings is 7. The summed E-state index contributed by atoms with van der Waals surface area (Å²) >= 11 is 1.78. The fourth-order valence-corrected chi connectivity index (χ4v) is 11.5. The molecule has 0 N–H and O–H groups in total. The van der Waals surface area contributed by atoms with Crippen LogP contribution in [0.1, 0.15) is 69.6 Å². The highest BCUT2D eigenvalue weighted by atomic mass is 32.1. The molecule has 0 saturated heterocycles. The van der Waals surface area contributed by atoms with E-state index in [0.29, 0.717) is 0 Å². The smallest absolute Gasteiger partial charge is 0.134 e. The van der Waals surface area contributed by atoms with Crippen molar-refractivity contribution in [1.29, 1.82) is 0 Å². The van der Waals surface area contributed by atoms with Gasteiger partial charge < -0.3 is 4.42 Å². The van der Waals surface area contributed by atoms with E-state index in [0.717, 1.165) is 47.9 Å². The number of rotatable bonds is 2. The molecule has 0 saturated carbocycles. The number of allylic oxidation sites excluding steroid dienone is 1. The van der Waals surface area contributed by atoms with Crippen molar-refractivity contribution in [2.24, 2.45) is 4.99 Å².